The van der Waals surface area contributed by atoms with E-state index in [4.69, 9.17) is 4.74 Å². The Morgan fingerprint density at radius 3 is 2.36 bits per heavy atom. The molecule has 1 aliphatic rings. The SMILES string of the molecule is Fc1ccc(N/N=C\c2ccc(N3CCOCC3)cc2)cc1. The van der Waals surface area contributed by atoms with Gasteiger partial charge >= 0.3 is 0 Å². The topological polar surface area (TPSA) is 36.9 Å². The van der Waals surface area contributed by atoms with Crippen LogP contribution in [-0.4, -0.2) is 32.5 Å². The van der Waals surface area contributed by atoms with Crippen molar-refractivity contribution in [2.24, 2.45) is 5.10 Å². The van der Waals surface area contributed by atoms with Crippen molar-refractivity contribution in [3.8, 4) is 0 Å². The number of nitrogens with zero attached hydrogens (tertiary/aromatic N) is 2. The number of halogens is 1. The number of hydrogen-bond donors (Lipinski definition) is 1. The van der Waals surface area contributed by atoms with Crippen LogP contribution in [-0.2, 0) is 4.74 Å². The third-order valence-electron chi connectivity index (χ3n) is 3.52. The molecule has 1 aliphatic heterocycles. The van der Waals surface area contributed by atoms with Crippen LogP contribution in [0.4, 0.5) is 15.8 Å². The first-order valence-electron chi connectivity index (χ1n) is 7.29. The second-order valence-electron chi connectivity index (χ2n) is 5.07. The van der Waals surface area contributed by atoms with Crippen molar-refractivity contribution in [3.63, 3.8) is 0 Å². The van der Waals surface area contributed by atoms with E-state index in [1.807, 2.05) is 12.1 Å². The number of morpholine rings is 1. The van der Waals surface area contributed by atoms with Crippen LogP contribution >= 0.6 is 0 Å². The molecule has 0 bridgehead atoms. The average molecular weight is 299 g/mol. The Labute approximate surface area is 129 Å². The zero-order valence-corrected chi connectivity index (χ0v) is 12.2. The molecule has 0 atom stereocenters. The third kappa shape index (κ3) is 3.83. The molecule has 5 heteroatoms. The van der Waals surface area contributed by atoms with Crippen LogP contribution in [0.1, 0.15) is 5.56 Å². The number of ether oxygens (including phenoxy) is 1. The molecule has 22 heavy (non-hydrogen) atoms. The Morgan fingerprint density at radius 1 is 1.00 bits per heavy atom. The van der Waals surface area contributed by atoms with Gasteiger partial charge in [0.2, 0.25) is 0 Å². The van der Waals surface area contributed by atoms with Gasteiger partial charge in [0.25, 0.3) is 0 Å². The Balaban J connectivity index is 1.58. The number of hydrogen-bond acceptors (Lipinski definition) is 4. The first kappa shape index (κ1) is 14.5. The molecular weight excluding hydrogens is 281 g/mol. The van der Waals surface area contributed by atoms with E-state index in [0.717, 1.165) is 37.6 Å². The summed E-state index contributed by atoms with van der Waals surface area (Å²) in [7, 11) is 0. The van der Waals surface area contributed by atoms with Crippen LogP contribution < -0.4 is 10.3 Å². The quantitative estimate of drug-likeness (QED) is 0.696. The van der Waals surface area contributed by atoms with Crippen molar-refractivity contribution in [2.75, 3.05) is 36.6 Å². The molecule has 0 amide bonds. The number of rotatable bonds is 4. The summed E-state index contributed by atoms with van der Waals surface area (Å²) in [6.45, 7) is 3.43. The van der Waals surface area contributed by atoms with E-state index in [9.17, 15) is 4.39 Å². The third-order valence-corrected chi connectivity index (χ3v) is 3.52. The number of hydrazone groups is 1. The zero-order valence-electron chi connectivity index (χ0n) is 12.2. The van der Waals surface area contributed by atoms with Gasteiger partial charge < -0.3 is 9.64 Å². The van der Waals surface area contributed by atoms with Gasteiger partial charge in [-0.25, -0.2) is 4.39 Å². The molecule has 1 N–H and O–H groups in total. The lowest BCUT2D eigenvalue weighted by molar-refractivity contribution is 0.122. The lowest BCUT2D eigenvalue weighted by Crippen LogP contribution is -2.36. The van der Waals surface area contributed by atoms with E-state index in [0.29, 0.717) is 0 Å². The van der Waals surface area contributed by atoms with Gasteiger partial charge in [-0.2, -0.15) is 5.10 Å². The standard InChI is InChI=1S/C17H18FN3O/c18-15-3-5-16(6-4-15)20-19-13-14-1-7-17(8-2-14)21-9-11-22-12-10-21/h1-8,13,20H,9-12H2/b19-13-. The molecular formula is C17H18FN3O. The van der Waals surface area contributed by atoms with Gasteiger partial charge in [0, 0.05) is 18.8 Å². The maximum atomic E-state index is 12.8. The van der Waals surface area contributed by atoms with Crippen molar-refractivity contribution >= 4 is 17.6 Å². The summed E-state index contributed by atoms with van der Waals surface area (Å²) in [6.07, 6.45) is 1.74. The Hall–Kier alpha value is -2.40. The first-order valence-corrected chi connectivity index (χ1v) is 7.29. The molecule has 0 radical (unpaired) electrons. The molecule has 0 saturated carbocycles. The highest BCUT2D eigenvalue weighted by atomic mass is 19.1. The van der Waals surface area contributed by atoms with Crippen molar-refractivity contribution in [3.05, 3.63) is 59.9 Å². The monoisotopic (exact) mass is 299 g/mol. The van der Waals surface area contributed by atoms with Crippen molar-refractivity contribution < 1.29 is 9.13 Å². The van der Waals surface area contributed by atoms with Gasteiger partial charge in [0.1, 0.15) is 5.82 Å². The summed E-state index contributed by atoms with van der Waals surface area (Å²) in [4.78, 5) is 2.31. The van der Waals surface area contributed by atoms with Crippen LogP contribution in [0.5, 0.6) is 0 Å². The van der Waals surface area contributed by atoms with E-state index in [1.165, 1.54) is 17.8 Å². The highest BCUT2D eigenvalue weighted by Gasteiger charge is 2.10. The molecule has 0 aromatic heterocycles. The number of anilines is 2. The van der Waals surface area contributed by atoms with Gasteiger partial charge in [-0.15, -0.1) is 0 Å². The highest BCUT2D eigenvalue weighted by molar-refractivity contribution is 5.81. The normalized spacial score (nSPS) is 15.2. The maximum absolute atomic E-state index is 12.8. The van der Waals surface area contributed by atoms with Gasteiger partial charge in [0.15, 0.2) is 0 Å². The van der Waals surface area contributed by atoms with E-state index in [-0.39, 0.29) is 5.82 Å². The van der Waals surface area contributed by atoms with Crippen molar-refractivity contribution in [2.45, 2.75) is 0 Å². The molecule has 2 aromatic carbocycles. The average Bonchev–Trinajstić information content (AvgIpc) is 2.58. The lowest BCUT2D eigenvalue weighted by atomic mass is 10.2. The fourth-order valence-corrected chi connectivity index (χ4v) is 2.30. The fourth-order valence-electron chi connectivity index (χ4n) is 2.30. The summed E-state index contributed by atoms with van der Waals surface area (Å²) in [5, 5.41) is 4.15. The van der Waals surface area contributed by atoms with E-state index >= 15 is 0 Å². The first-order chi connectivity index (χ1) is 10.8. The van der Waals surface area contributed by atoms with Crippen LogP contribution in [0.25, 0.3) is 0 Å². The Morgan fingerprint density at radius 2 is 1.68 bits per heavy atom. The molecule has 1 saturated heterocycles. The largest absolute Gasteiger partial charge is 0.378 e. The Bertz CT molecular complexity index is 619. The van der Waals surface area contributed by atoms with E-state index in [1.54, 1.807) is 18.3 Å². The number of benzene rings is 2. The lowest BCUT2D eigenvalue weighted by Gasteiger charge is -2.28. The molecule has 3 rings (SSSR count). The highest BCUT2D eigenvalue weighted by Crippen LogP contribution is 2.16. The molecule has 114 valence electrons. The minimum atomic E-state index is -0.256. The molecule has 2 aromatic rings. The van der Waals surface area contributed by atoms with Crippen molar-refractivity contribution in [1.82, 2.24) is 0 Å². The summed E-state index contributed by atoms with van der Waals surface area (Å²) >= 11 is 0. The Kier molecular flexibility index (Phi) is 4.65. The smallest absolute Gasteiger partial charge is 0.123 e. The van der Waals surface area contributed by atoms with Gasteiger partial charge in [-0.05, 0) is 42.0 Å². The van der Waals surface area contributed by atoms with Gasteiger partial charge in [-0.3, -0.25) is 5.43 Å². The number of nitrogens with one attached hydrogen (secondary N) is 1. The molecule has 0 unspecified atom stereocenters. The summed E-state index contributed by atoms with van der Waals surface area (Å²) < 4.78 is 18.1. The van der Waals surface area contributed by atoms with Crippen LogP contribution in [0.2, 0.25) is 0 Å². The van der Waals surface area contributed by atoms with Gasteiger partial charge in [0.05, 0.1) is 25.1 Å². The summed E-state index contributed by atoms with van der Waals surface area (Å²) in [6, 6.07) is 14.3. The minimum absolute atomic E-state index is 0.256. The molecule has 0 spiro atoms. The van der Waals surface area contributed by atoms with Crippen LogP contribution in [0, 0.1) is 5.82 Å². The van der Waals surface area contributed by atoms with Crippen molar-refractivity contribution in [1.29, 1.82) is 0 Å². The molecule has 0 aliphatic carbocycles. The fraction of sp³-hybridized carbons (Fsp3) is 0.235. The van der Waals surface area contributed by atoms with Gasteiger partial charge in [-0.1, -0.05) is 12.1 Å². The van der Waals surface area contributed by atoms with E-state index < -0.39 is 0 Å². The second-order valence-corrected chi connectivity index (χ2v) is 5.07. The second kappa shape index (κ2) is 7.04. The maximum Gasteiger partial charge on any atom is 0.123 e. The zero-order chi connectivity index (χ0) is 15.2. The predicted molar refractivity (Wildman–Crippen MR) is 87.1 cm³/mol. The summed E-state index contributed by atoms with van der Waals surface area (Å²) in [5.74, 6) is -0.256. The van der Waals surface area contributed by atoms with Crippen LogP contribution in [0.3, 0.4) is 0 Å². The molecule has 4 nitrogen and oxygen atoms in total. The summed E-state index contributed by atoms with van der Waals surface area (Å²) in [5.41, 5.74) is 5.83. The van der Waals surface area contributed by atoms with E-state index in [2.05, 4.69) is 27.6 Å². The minimum Gasteiger partial charge on any atom is -0.378 e. The predicted octanol–water partition coefficient (Wildman–Crippen LogP) is 3.11. The van der Waals surface area contributed by atoms with Crippen LogP contribution in [0.15, 0.2) is 53.6 Å². The molecule has 1 heterocycles. The molecule has 1 fully saturated rings.